The molecule has 8 heteroatoms. The number of hydroxylamine groups is 1. The first-order valence-electron chi connectivity index (χ1n) is 5.04. The predicted octanol–water partition coefficient (Wildman–Crippen LogP) is 2.66. The van der Waals surface area contributed by atoms with Crippen LogP contribution in [0.1, 0.15) is 22.2 Å². The van der Waals surface area contributed by atoms with E-state index >= 15 is 0 Å². The summed E-state index contributed by atoms with van der Waals surface area (Å²) in [7, 11) is 0. The second kappa shape index (κ2) is 6.17. The van der Waals surface area contributed by atoms with Crippen molar-refractivity contribution in [3.63, 3.8) is 0 Å². The second-order valence-corrected chi connectivity index (χ2v) is 4.88. The van der Waals surface area contributed by atoms with Crippen LogP contribution in [0.4, 0.5) is 13.2 Å². The molecule has 2 rings (SSSR count). The normalized spacial score (nSPS) is 19.2. The maximum Gasteiger partial charge on any atom is 0.490 e. The Labute approximate surface area is 105 Å². The molecule has 18 heavy (non-hydrogen) atoms. The molecule has 0 aliphatic carbocycles. The molecule has 0 bridgehead atoms. The van der Waals surface area contributed by atoms with Crippen LogP contribution in [0.15, 0.2) is 12.1 Å². The van der Waals surface area contributed by atoms with E-state index in [1.165, 1.54) is 9.75 Å². The van der Waals surface area contributed by atoms with Gasteiger partial charge in [0.25, 0.3) is 0 Å². The Morgan fingerprint density at radius 2 is 2.17 bits per heavy atom. The highest BCUT2D eigenvalue weighted by atomic mass is 32.1. The van der Waals surface area contributed by atoms with Gasteiger partial charge in [-0.3, -0.25) is 0 Å². The number of halogens is 3. The summed E-state index contributed by atoms with van der Waals surface area (Å²) in [6, 6.07) is 4.76. The Morgan fingerprint density at radius 1 is 1.56 bits per heavy atom. The zero-order valence-corrected chi connectivity index (χ0v) is 10.3. The summed E-state index contributed by atoms with van der Waals surface area (Å²) in [6.07, 6.45) is -3.99. The van der Waals surface area contributed by atoms with Crippen molar-refractivity contribution >= 4 is 17.3 Å². The number of hydrogen-bond donors (Lipinski definition) is 2. The van der Waals surface area contributed by atoms with E-state index in [9.17, 15) is 13.2 Å². The van der Waals surface area contributed by atoms with E-state index in [0.717, 1.165) is 13.0 Å². The van der Waals surface area contributed by atoms with Crippen LogP contribution in [0.3, 0.4) is 0 Å². The van der Waals surface area contributed by atoms with Crippen LogP contribution in [0.2, 0.25) is 0 Å². The SMILES string of the molecule is Cc1ccc(C2CCON2)s1.O=C(O)C(F)(F)F. The van der Waals surface area contributed by atoms with Crippen molar-refractivity contribution in [2.24, 2.45) is 0 Å². The third-order valence-corrected chi connectivity index (χ3v) is 3.20. The van der Waals surface area contributed by atoms with Gasteiger partial charge in [-0.05, 0) is 25.5 Å². The standard InChI is InChI=1S/C8H11NOS.C2HF3O2/c1-6-2-3-8(11-6)7-4-5-10-9-7;3-2(4,5)1(6)7/h2-3,7,9H,4-5H2,1H3;(H,6,7). The smallest absolute Gasteiger partial charge is 0.475 e. The van der Waals surface area contributed by atoms with E-state index in [2.05, 4.69) is 24.5 Å². The van der Waals surface area contributed by atoms with Crippen LogP contribution in [0.5, 0.6) is 0 Å². The fraction of sp³-hybridized carbons (Fsp3) is 0.500. The third kappa shape index (κ3) is 4.63. The van der Waals surface area contributed by atoms with Gasteiger partial charge in [0.1, 0.15) is 0 Å². The molecule has 1 aromatic heterocycles. The zero-order chi connectivity index (χ0) is 13.8. The van der Waals surface area contributed by atoms with E-state index in [4.69, 9.17) is 14.7 Å². The molecule has 102 valence electrons. The highest BCUT2D eigenvalue weighted by Gasteiger charge is 2.38. The molecule has 0 saturated carbocycles. The van der Waals surface area contributed by atoms with Crippen LogP contribution < -0.4 is 5.48 Å². The van der Waals surface area contributed by atoms with Gasteiger partial charge in [-0.1, -0.05) is 0 Å². The fourth-order valence-corrected chi connectivity index (χ4v) is 2.19. The topological polar surface area (TPSA) is 58.6 Å². The summed E-state index contributed by atoms with van der Waals surface area (Å²) >= 11 is 1.84. The van der Waals surface area contributed by atoms with Gasteiger partial charge < -0.3 is 9.94 Å². The summed E-state index contributed by atoms with van der Waals surface area (Å²) < 4.78 is 31.7. The molecule has 0 aromatic carbocycles. The number of carboxylic acids is 1. The number of nitrogens with one attached hydrogen (secondary N) is 1. The summed E-state index contributed by atoms with van der Waals surface area (Å²) in [4.78, 5) is 16.7. The lowest BCUT2D eigenvalue weighted by molar-refractivity contribution is -0.192. The van der Waals surface area contributed by atoms with Crippen LogP contribution in [0.25, 0.3) is 0 Å². The maximum atomic E-state index is 10.6. The fourth-order valence-electron chi connectivity index (χ4n) is 1.24. The first-order chi connectivity index (χ1) is 8.30. The molecule has 0 spiro atoms. The maximum absolute atomic E-state index is 10.6. The van der Waals surface area contributed by atoms with Crippen LogP contribution >= 0.6 is 11.3 Å². The lowest BCUT2D eigenvalue weighted by Crippen LogP contribution is -2.21. The highest BCUT2D eigenvalue weighted by molar-refractivity contribution is 7.12. The minimum absolute atomic E-state index is 0.439. The summed E-state index contributed by atoms with van der Waals surface area (Å²) in [5.41, 5.74) is 3.00. The van der Waals surface area contributed by atoms with Crippen LogP contribution in [-0.2, 0) is 9.63 Å². The van der Waals surface area contributed by atoms with E-state index in [0.29, 0.717) is 6.04 Å². The van der Waals surface area contributed by atoms with Gasteiger partial charge in [0, 0.05) is 9.75 Å². The van der Waals surface area contributed by atoms with Crippen LogP contribution in [0, 0.1) is 6.92 Å². The number of hydrogen-bond acceptors (Lipinski definition) is 4. The predicted molar refractivity (Wildman–Crippen MR) is 59.2 cm³/mol. The van der Waals surface area contributed by atoms with Crippen molar-refractivity contribution < 1.29 is 27.9 Å². The Hall–Kier alpha value is -1.12. The van der Waals surface area contributed by atoms with Crippen molar-refractivity contribution in [3.8, 4) is 0 Å². The summed E-state index contributed by atoms with van der Waals surface area (Å²) in [5.74, 6) is -2.76. The molecule has 2 N–H and O–H groups in total. The Kier molecular flexibility index (Phi) is 5.12. The number of rotatable bonds is 1. The van der Waals surface area contributed by atoms with Gasteiger partial charge in [-0.15, -0.1) is 11.3 Å². The number of carbonyl (C=O) groups is 1. The van der Waals surface area contributed by atoms with E-state index in [1.807, 2.05) is 11.3 Å². The molecule has 0 amide bonds. The van der Waals surface area contributed by atoms with Crippen molar-refractivity contribution in [2.45, 2.75) is 25.6 Å². The molecule has 4 nitrogen and oxygen atoms in total. The van der Waals surface area contributed by atoms with Crippen molar-refractivity contribution in [2.75, 3.05) is 6.61 Å². The van der Waals surface area contributed by atoms with Crippen molar-refractivity contribution in [3.05, 3.63) is 21.9 Å². The molecule has 1 saturated heterocycles. The Bertz CT molecular complexity index is 399. The largest absolute Gasteiger partial charge is 0.490 e. The minimum atomic E-state index is -5.08. The molecule has 1 unspecified atom stereocenters. The highest BCUT2D eigenvalue weighted by Crippen LogP contribution is 2.27. The van der Waals surface area contributed by atoms with Gasteiger partial charge in [-0.2, -0.15) is 18.7 Å². The number of aryl methyl sites for hydroxylation is 1. The van der Waals surface area contributed by atoms with Gasteiger partial charge in [0.15, 0.2) is 0 Å². The van der Waals surface area contributed by atoms with Crippen molar-refractivity contribution in [1.82, 2.24) is 5.48 Å². The van der Waals surface area contributed by atoms with Crippen LogP contribution in [-0.4, -0.2) is 23.9 Å². The molecule has 1 aliphatic rings. The van der Waals surface area contributed by atoms with Gasteiger partial charge >= 0.3 is 12.1 Å². The molecule has 2 heterocycles. The molecular weight excluding hydrogens is 271 g/mol. The lowest BCUT2D eigenvalue weighted by atomic mass is 10.2. The number of thiophene rings is 1. The van der Waals surface area contributed by atoms with Crippen molar-refractivity contribution in [1.29, 1.82) is 0 Å². The summed E-state index contributed by atoms with van der Waals surface area (Å²) in [5, 5.41) is 7.12. The molecule has 1 atom stereocenters. The second-order valence-electron chi connectivity index (χ2n) is 3.56. The lowest BCUT2D eigenvalue weighted by Gasteiger charge is -2.03. The molecule has 1 aliphatic heterocycles. The minimum Gasteiger partial charge on any atom is -0.475 e. The Morgan fingerprint density at radius 3 is 2.50 bits per heavy atom. The first kappa shape index (κ1) is 14.9. The summed E-state index contributed by atoms with van der Waals surface area (Å²) in [6.45, 7) is 2.96. The molecular formula is C10H12F3NO3S. The number of alkyl halides is 3. The van der Waals surface area contributed by atoms with E-state index in [-0.39, 0.29) is 0 Å². The Balaban J connectivity index is 0.000000203. The van der Waals surface area contributed by atoms with Gasteiger partial charge in [-0.25, -0.2) is 4.79 Å². The third-order valence-electron chi connectivity index (χ3n) is 2.08. The van der Waals surface area contributed by atoms with Gasteiger partial charge in [0.05, 0.1) is 12.6 Å². The number of carboxylic acid groups (broad SMARTS) is 1. The molecule has 1 fully saturated rings. The van der Waals surface area contributed by atoms with E-state index < -0.39 is 12.1 Å². The van der Waals surface area contributed by atoms with Gasteiger partial charge in [0.2, 0.25) is 0 Å². The van der Waals surface area contributed by atoms with E-state index in [1.54, 1.807) is 0 Å². The zero-order valence-electron chi connectivity index (χ0n) is 9.45. The first-order valence-corrected chi connectivity index (χ1v) is 5.86. The monoisotopic (exact) mass is 283 g/mol. The quantitative estimate of drug-likeness (QED) is 0.832. The molecule has 0 radical (unpaired) electrons. The molecule has 1 aromatic rings. The number of aliphatic carboxylic acids is 1. The average Bonchev–Trinajstić information content (AvgIpc) is 2.86. The average molecular weight is 283 g/mol.